The van der Waals surface area contributed by atoms with Crippen LogP contribution in [0, 0.1) is 10.1 Å². The Balaban J connectivity index is 2.00. The van der Waals surface area contributed by atoms with Gasteiger partial charge in [0.05, 0.1) is 18.1 Å². The largest absolute Gasteiger partial charge is 0.378 e. The van der Waals surface area contributed by atoms with E-state index in [4.69, 9.17) is 4.74 Å². The zero-order valence-corrected chi connectivity index (χ0v) is 10.5. The van der Waals surface area contributed by atoms with Gasteiger partial charge in [0, 0.05) is 32.0 Å². The first-order valence-corrected chi connectivity index (χ1v) is 6.06. The van der Waals surface area contributed by atoms with E-state index >= 15 is 0 Å². The molecule has 2 rings (SSSR count). The zero-order chi connectivity index (χ0) is 13.5. The van der Waals surface area contributed by atoms with Crippen molar-refractivity contribution in [3.63, 3.8) is 0 Å². The van der Waals surface area contributed by atoms with Crippen LogP contribution in [0.3, 0.4) is 0 Å². The quantitative estimate of drug-likeness (QED) is 0.619. The monoisotopic (exact) mass is 264 g/mol. The van der Waals surface area contributed by atoms with Crippen molar-refractivity contribution in [1.82, 2.24) is 15.2 Å². The second-order valence-electron chi connectivity index (χ2n) is 4.11. The molecule has 0 amide bonds. The van der Waals surface area contributed by atoms with Crippen LogP contribution in [-0.4, -0.2) is 41.1 Å². The first-order valence-electron chi connectivity index (χ1n) is 6.06. The standard InChI is InChI=1S/C12H16N4O3/c17-16(18)10-12(15-4-6-19-7-5-15)14-9-11-2-1-3-13-8-11/h1-3,8,10,14H,4-7,9H2/b12-10-. The molecule has 102 valence electrons. The van der Waals surface area contributed by atoms with Crippen LogP contribution in [0.4, 0.5) is 0 Å². The topological polar surface area (TPSA) is 80.5 Å². The van der Waals surface area contributed by atoms with E-state index in [-0.39, 0.29) is 0 Å². The molecule has 1 N–H and O–H groups in total. The lowest BCUT2D eigenvalue weighted by Crippen LogP contribution is -2.40. The number of hydrogen-bond acceptors (Lipinski definition) is 6. The summed E-state index contributed by atoms with van der Waals surface area (Å²) in [4.78, 5) is 16.2. The number of nitro groups is 1. The predicted molar refractivity (Wildman–Crippen MR) is 68.5 cm³/mol. The van der Waals surface area contributed by atoms with Crippen LogP contribution in [-0.2, 0) is 11.3 Å². The molecule has 7 heteroatoms. The summed E-state index contributed by atoms with van der Waals surface area (Å²) in [6.45, 7) is 2.98. The van der Waals surface area contributed by atoms with E-state index in [0.717, 1.165) is 11.8 Å². The number of pyridine rings is 1. The lowest BCUT2D eigenvalue weighted by atomic mass is 10.3. The SMILES string of the molecule is O=[N+]([O-])/C=C(/NCc1cccnc1)N1CCOCC1. The first kappa shape index (κ1) is 13.3. The van der Waals surface area contributed by atoms with Gasteiger partial charge in [-0.05, 0) is 11.6 Å². The average molecular weight is 264 g/mol. The van der Waals surface area contributed by atoms with Crippen LogP contribution < -0.4 is 5.32 Å². The maximum absolute atomic E-state index is 10.7. The molecule has 19 heavy (non-hydrogen) atoms. The van der Waals surface area contributed by atoms with Gasteiger partial charge < -0.3 is 15.0 Å². The highest BCUT2D eigenvalue weighted by molar-refractivity contribution is 5.10. The van der Waals surface area contributed by atoms with Crippen LogP contribution >= 0.6 is 0 Å². The van der Waals surface area contributed by atoms with Gasteiger partial charge in [-0.3, -0.25) is 15.1 Å². The van der Waals surface area contributed by atoms with Crippen molar-refractivity contribution in [3.05, 3.63) is 52.2 Å². The van der Waals surface area contributed by atoms with Gasteiger partial charge in [0.1, 0.15) is 0 Å². The van der Waals surface area contributed by atoms with Gasteiger partial charge in [-0.2, -0.15) is 0 Å². The molecule has 0 aromatic carbocycles. The van der Waals surface area contributed by atoms with Gasteiger partial charge in [-0.1, -0.05) is 6.07 Å². The van der Waals surface area contributed by atoms with Gasteiger partial charge in [-0.25, -0.2) is 0 Å². The van der Waals surface area contributed by atoms with E-state index < -0.39 is 4.92 Å². The summed E-state index contributed by atoms with van der Waals surface area (Å²) >= 11 is 0. The number of rotatable bonds is 5. The van der Waals surface area contributed by atoms with Crippen molar-refractivity contribution < 1.29 is 9.66 Å². The molecule has 0 saturated carbocycles. The molecule has 1 aliphatic rings. The summed E-state index contributed by atoms with van der Waals surface area (Å²) in [5.41, 5.74) is 0.977. The molecular weight excluding hydrogens is 248 g/mol. The van der Waals surface area contributed by atoms with Crippen molar-refractivity contribution in [2.75, 3.05) is 26.3 Å². The lowest BCUT2D eigenvalue weighted by Gasteiger charge is -2.29. The molecule has 1 saturated heterocycles. The van der Waals surface area contributed by atoms with Gasteiger partial charge in [-0.15, -0.1) is 0 Å². The second-order valence-corrected chi connectivity index (χ2v) is 4.11. The first-order chi connectivity index (χ1) is 9.25. The zero-order valence-electron chi connectivity index (χ0n) is 10.5. The van der Waals surface area contributed by atoms with Crippen molar-refractivity contribution >= 4 is 0 Å². The van der Waals surface area contributed by atoms with Crippen molar-refractivity contribution in [1.29, 1.82) is 0 Å². The van der Waals surface area contributed by atoms with Crippen LogP contribution in [0.1, 0.15) is 5.56 Å². The number of hydrogen-bond donors (Lipinski definition) is 1. The highest BCUT2D eigenvalue weighted by Crippen LogP contribution is 2.06. The van der Waals surface area contributed by atoms with E-state index in [1.165, 1.54) is 0 Å². The molecule has 0 atom stereocenters. The Kier molecular flexibility index (Phi) is 4.68. The number of aromatic nitrogens is 1. The Morgan fingerprint density at radius 3 is 3.00 bits per heavy atom. The molecular formula is C12H16N4O3. The van der Waals surface area contributed by atoms with Gasteiger partial charge in [0.2, 0.25) is 0 Å². The minimum atomic E-state index is -0.443. The fourth-order valence-corrected chi connectivity index (χ4v) is 1.84. The minimum Gasteiger partial charge on any atom is -0.378 e. The van der Waals surface area contributed by atoms with Crippen LogP contribution in [0.5, 0.6) is 0 Å². The van der Waals surface area contributed by atoms with E-state index in [9.17, 15) is 10.1 Å². The summed E-state index contributed by atoms with van der Waals surface area (Å²) in [5, 5.41) is 13.8. The third-order valence-electron chi connectivity index (χ3n) is 2.78. The molecule has 1 fully saturated rings. The molecule has 0 unspecified atom stereocenters. The summed E-state index contributed by atoms with van der Waals surface area (Å²) in [6.07, 6.45) is 4.43. The highest BCUT2D eigenvalue weighted by Gasteiger charge is 2.16. The van der Waals surface area contributed by atoms with E-state index in [0.29, 0.717) is 38.7 Å². The maximum Gasteiger partial charge on any atom is 0.274 e. The highest BCUT2D eigenvalue weighted by atomic mass is 16.6. The van der Waals surface area contributed by atoms with Crippen LogP contribution in [0.2, 0.25) is 0 Å². The Bertz CT molecular complexity index is 444. The molecule has 0 radical (unpaired) electrons. The van der Waals surface area contributed by atoms with Crippen LogP contribution in [0.25, 0.3) is 0 Å². The third kappa shape index (κ3) is 4.22. The summed E-state index contributed by atoms with van der Waals surface area (Å²) in [5.74, 6) is 0.511. The number of morpholine rings is 1. The summed E-state index contributed by atoms with van der Waals surface area (Å²) in [7, 11) is 0. The minimum absolute atomic E-state index is 0.443. The second kappa shape index (κ2) is 6.69. The Hall–Kier alpha value is -2.15. The van der Waals surface area contributed by atoms with Gasteiger partial charge in [0.15, 0.2) is 5.82 Å². The maximum atomic E-state index is 10.7. The fourth-order valence-electron chi connectivity index (χ4n) is 1.84. The van der Waals surface area contributed by atoms with E-state index in [2.05, 4.69) is 10.3 Å². The van der Waals surface area contributed by atoms with Crippen LogP contribution in [0.15, 0.2) is 36.5 Å². The van der Waals surface area contributed by atoms with Gasteiger partial charge in [0.25, 0.3) is 6.20 Å². The Morgan fingerprint density at radius 2 is 2.37 bits per heavy atom. The smallest absolute Gasteiger partial charge is 0.274 e. The van der Waals surface area contributed by atoms with E-state index in [1.807, 2.05) is 17.0 Å². The number of nitrogens with zero attached hydrogens (tertiary/aromatic N) is 3. The number of nitrogens with one attached hydrogen (secondary N) is 1. The predicted octanol–water partition coefficient (Wildman–Crippen LogP) is 0.579. The van der Waals surface area contributed by atoms with Crippen molar-refractivity contribution in [2.45, 2.75) is 6.54 Å². The third-order valence-corrected chi connectivity index (χ3v) is 2.78. The molecule has 1 aliphatic heterocycles. The fraction of sp³-hybridized carbons (Fsp3) is 0.417. The summed E-state index contributed by atoms with van der Waals surface area (Å²) in [6, 6.07) is 3.76. The molecule has 2 heterocycles. The Morgan fingerprint density at radius 1 is 1.58 bits per heavy atom. The van der Waals surface area contributed by atoms with Gasteiger partial charge >= 0.3 is 0 Å². The normalized spacial score (nSPS) is 16.2. The molecule has 1 aromatic heterocycles. The molecule has 0 bridgehead atoms. The molecule has 0 spiro atoms. The Labute approximate surface area is 111 Å². The molecule has 0 aliphatic carbocycles. The number of ether oxygens (including phenoxy) is 1. The molecule has 1 aromatic rings. The van der Waals surface area contributed by atoms with E-state index in [1.54, 1.807) is 12.4 Å². The van der Waals surface area contributed by atoms with Crippen molar-refractivity contribution in [2.24, 2.45) is 0 Å². The summed E-state index contributed by atoms with van der Waals surface area (Å²) < 4.78 is 5.24. The molecule has 7 nitrogen and oxygen atoms in total. The van der Waals surface area contributed by atoms with Crippen molar-refractivity contribution in [3.8, 4) is 0 Å². The lowest BCUT2D eigenvalue weighted by molar-refractivity contribution is -0.404. The average Bonchev–Trinajstić information content (AvgIpc) is 2.45.